The number of carbonyl (C=O) groups is 2. The molecule has 5 rings (SSSR count). The molecule has 0 aromatic carbocycles. The monoisotopic (exact) mass is 502 g/mol. The number of allylic oxidation sites excluding steroid dienone is 2. The van der Waals surface area contributed by atoms with Crippen molar-refractivity contribution in [3.8, 4) is 0 Å². The molecule has 6 nitrogen and oxygen atoms in total. The topological polar surface area (TPSA) is 115 Å². The van der Waals surface area contributed by atoms with E-state index in [1.807, 2.05) is 0 Å². The smallest absolute Gasteiger partial charge is 0.312 e. The fraction of sp³-hybridized carbons (Fsp3) is 0.867. The maximum absolute atomic E-state index is 12.8. The van der Waals surface area contributed by atoms with Crippen LogP contribution in [-0.4, -0.2) is 45.1 Å². The molecule has 4 saturated carbocycles. The van der Waals surface area contributed by atoms with Crippen molar-refractivity contribution in [2.24, 2.45) is 50.2 Å². The second-order valence-electron chi connectivity index (χ2n) is 14.6. The average Bonchev–Trinajstić information content (AvgIpc) is 2.82. The molecule has 5 aliphatic carbocycles. The predicted octanol–water partition coefficient (Wildman–Crippen LogP) is 5.27. The molecule has 0 heterocycles. The Morgan fingerprint density at radius 2 is 1.56 bits per heavy atom. The molecule has 0 aromatic rings. The van der Waals surface area contributed by atoms with Gasteiger partial charge in [-0.2, -0.15) is 0 Å². The summed E-state index contributed by atoms with van der Waals surface area (Å²) in [7, 11) is 0. The number of aliphatic hydroxyl groups excluding tert-OH is 2. The van der Waals surface area contributed by atoms with E-state index in [4.69, 9.17) is 0 Å². The number of carboxylic acid groups (broad SMARTS) is 2. The second kappa shape index (κ2) is 7.81. The first-order valence-corrected chi connectivity index (χ1v) is 14.1. The molecule has 0 bridgehead atoms. The van der Waals surface area contributed by atoms with Crippen molar-refractivity contribution in [1.82, 2.24) is 0 Å². The Morgan fingerprint density at radius 1 is 0.889 bits per heavy atom. The van der Waals surface area contributed by atoms with E-state index < -0.39 is 28.9 Å². The first-order chi connectivity index (χ1) is 16.6. The van der Waals surface area contributed by atoms with Gasteiger partial charge in [-0.15, -0.1) is 0 Å². The van der Waals surface area contributed by atoms with Gasteiger partial charge in [-0.05, 0) is 111 Å². The maximum Gasteiger partial charge on any atom is 0.312 e. The molecule has 0 amide bonds. The maximum atomic E-state index is 12.8. The SMILES string of the molecule is C[C@]1(CO)CC[C@]2(C(=O)O)CC[C@]3(C)C(=CC[C@@H]4[C@@]5(C)CC[C@H](O)[C@@](C)(C(=O)O)[C@@H]5CC[C@]43C)[C@@H]2C1. The summed E-state index contributed by atoms with van der Waals surface area (Å²) in [6, 6.07) is 0. The van der Waals surface area contributed by atoms with Crippen molar-refractivity contribution in [1.29, 1.82) is 0 Å². The summed E-state index contributed by atoms with van der Waals surface area (Å²) < 4.78 is 0. The van der Waals surface area contributed by atoms with Crippen LogP contribution < -0.4 is 0 Å². The minimum atomic E-state index is -1.14. The van der Waals surface area contributed by atoms with E-state index in [2.05, 4.69) is 33.8 Å². The molecule has 202 valence electrons. The molecule has 0 aliphatic heterocycles. The van der Waals surface area contributed by atoms with Gasteiger partial charge < -0.3 is 20.4 Å². The van der Waals surface area contributed by atoms with Crippen molar-refractivity contribution in [3.05, 3.63) is 11.6 Å². The number of hydrogen-bond donors (Lipinski definition) is 4. The second-order valence-corrected chi connectivity index (χ2v) is 14.6. The molecule has 6 heteroatoms. The molecule has 10 atom stereocenters. The van der Waals surface area contributed by atoms with E-state index in [9.17, 15) is 30.0 Å². The van der Waals surface area contributed by atoms with E-state index >= 15 is 0 Å². The van der Waals surface area contributed by atoms with Crippen LogP contribution >= 0.6 is 0 Å². The lowest BCUT2D eigenvalue weighted by Crippen LogP contribution is -2.66. The zero-order valence-electron chi connectivity index (χ0n) is 22.8. The van der Waals surface area contributed by atoms with E-state index in [-0.39, 0.29) is 46.0 Å². The first kappa shape index (κ1) is 26.2. The fourth-order valence-electron chi connectivity index (χ4n) is 10.6. The summed E-state index contributed by atoms with van der Waals surface area (Å²) in [6.07, 6.45) is 8.94. The lowest BCUT2D eigenvalue weighted by Gasteiger charge is -2.70. The van der Waals surface area contributed by atoms with Crippen LogP contribution in [-0.2, 0) is 9.59 Å². The van der Waals surface area contributed by atoms with Crippen molar-refractivity contribution in [2.75, 3.05) is 6.61 Å². The van der Waals surface area contributed by atoms with Crippen LogP contribution in [0, 0.1) is 50.2 Å². The first-order valence-electron chi connectivity index (χ1n) is 14.1. The summed E-state index contributed by atoms with van der Waals surface area (Å²) in [5.74, 6) is -1.44. The van der Waals surface area contributed by atoms with Crippen LogP contribution in [0.5, 0.6) is 0 Å². The number of fused-ring (bicyclic) bond motifs is 7. The van der Waals surface area contributed by atoms with Gasteiger partial charge in [-0.3, -0.25) is 9.59 Å². The van der Waals surface area contributed by atoms with Crippen LogP contribution in [0.25, 0.3) is 0 Å². The predicted molar refractivity (Wildman–Crippen MR) is 136 cm³/mol. The lowest BCUT2D eigenvalue weighted by molar-refractivity contribution is -0.217. The highest BCUT2D eigenvalue weighted by molar-refractivity contribution is 5.77. The molecule has 0 spiro atoms. The van der Waals surface area contributed by atoms with Crippen LogP contribution in [0.4, 0.5) is 0 Å². The Balaban J connectivity index is 1.60. The summed E-state index contributed by atoms with van der Waals surface area (Å²) in [4.78, 5) is 25.3. The van der Waals surface area contributed by atoms with Gasteiger partial charge >= 0.3 is 11.9 Å². The fourth-order valence-corrected chi connectivity index (χ4v) is 10.6. The van der Waals surface area contributed by atoms with Gasteiger partial charge in [0.2, 0.25) is 0 Å². The molecule has 5 aliphatic rings. The van der Waals surface area contributed by atoms with E-state index in [1.165, 1.54) is 5.57 Å². The Bertz CT molecular complexity index is 1010. The summed E-state index contributed by atoms with van der Waals surface area (Å²) in [6.45, 7) is 11.0. The quantitative estimate of drug-likeness (QED) is 0.391. The molecule has 0 aromatic heterocycles. The van der Waals surface area contributed by atoms with Crippen molar-refractivity contribution >= 4 is 11.9 Å². The Morgan fingerprint density at radius 3 is 2.17 bits per heavy atom. The number of carboxylic acids is 2. The van der Waals surface area contributed by atoms with Gasteiger partial charge in [0.1, 0.15) is 0 Å². The van der Waals surface area contributed by atoms with Crippen molar-refractivity contribution in [2.45, 2.75) is 105 Å². The molecular formula is C30H46O6. The summed E-state index contributed by atoms with van der Waals surface area (Å²) in [5.41, 5.74) is -1.27. The van der Waals surface area contributed by atoms with Crippen molar-refractivity contribution < 1.29 is 30.0 Å². The van der Waals surface area contributed by atoms with Gasteiger partial charge in [0.15, 0.2) is 0 Å². The van der Waals surface area contributed by atoms with Crippen LogP contribution in [0.15, 0.2) is 11.6 Å². The van der Waals surface area contributed by atoms with Gasteiger partial charge in [-0.25, -0.2) is 0 Å². The number of aliphatic hydroxyl groups is 2. The molecule has 36 heavy (non-hydrogen) atoms. The molecular weight excluding hydrogens is 456 g/mol. The Hall–Kier alpha value is -1.40. The minimum absolute atomic E-state index is 0.0677. The molecule has 4 N–H and O–H groups in total. The third-order valence-electron chi connectivity index (χ3n) is 13.4. The van der Waals surface area contributed by atoms with Crippen molar-refractivity contribution in [3.63, 3.8) is 0 Å². The van der Waals surface area contributed by atoms with E-state index in [0.29, 0.717) is 25.7 Å². The van der Waals surface area contributed by atoms with Crippen LogP contribution in [0.1, 0.15) is 98.8 Å². The van der Waals surface area contributed by atoms with E-state index in [0.717, 1.165) is 38.5 Å². The average molecular weight is 503 g/mol. The molecule has 0 unspecified atom stereocenters. The minimum Gasteiger partial charge on any atom is -0.481 e. The number of aliphatic carboxylic acids is 2. The molecule has 0 radical (unpaired) electrons. The third kappa shape index (κ3) is 2.98. The van der Waals surface area contributed by atoms with Gasteiger partial charge in [0.25, 0.3) is 0 Å². The zero-order valence-corrected chi connectivity index (χ0v) is 22.8. The van der Waals surface area contributed by atoms with E-state index in [1.54, 1.807) is 6.92 Å². The van der Waals surface area contributed by atoms with Gasteiger partial charge in [-0.1, -0.05) is 39.3 Å². The third-order valence-corrected chi connectivity index (χ3v) is 13.4. The lowest BCUT2D eigenvalue weighted by atomic mass is 9.33. The highest BCUT2D eigenvalue weighted by Crippen LogP contribution is 2.75. The summed E-state index contributed by atoms with van der Waals surface area (Å²) >= 11 is 0. The zero-order chi connectivity index (χ0) is 26.5. The van der Waals surface area contributed by atoms with Gasteiger partial charge in [0.05, 0.1) is 16.9 Å². The number of rotatable bonds is 3. The highest BCUT2D eigenvalue weighted by Gasteiger charge is 2.70. The summed E-state index contributed by atoms with van der Waals surface area (Å²) in [5, 5.41) is 41.8. The van der Waals surface area contributed by atoms with Crippen LogP contribution in [0.2, 0.25) is 0 Å². The molecule has 0 saturated heterocycles. The number of hydrogen-bond acceptors (Lipinski definition) is 4. The van der Waals surface area contributed by atoms with Gasteiger partial charge in [0, 0.05) is 6.61 Å². The standard InChI is InChI=1S/C30H46O6/c1-25(17-31)12-14-30(24(35)36)15-13-27(3)18(19(30)16-25)6-7-20-26(2)10-9-22(32)29(5,23(33)34)21(26)8-11-28(20,27)4/h6,19-22,31-32H,7-17H2,1-5H3,(H,33,34)(H,35,36)/t19-,20+,21+,22-,25-,26+,27+,28+,29-,30-/m0/s1. The Labute approximate surface area is 215 Å². The molecule has 4 fully saturated rings. The largest absolute Gasteiger partial charge is 0.481 e. The normalized spacial score (nSPS) is 54.2. The van der Waals surface area contributed by atoms with Crippen LogP contribution in [0.3, 0.4) is 0 Å². The highest BCUT2D eigenvalue weighted by atomic mass is 16.4. The Kier molecular flexibility index (Phi) is 5.69.